The van der Waals surface area contributed by atoms with Gasteiger partial charge in [-0.15, -0.1) is 0 Å². The van der Waals surface area contributed by atoms with Gasteiger partial charge in [0.25, 0.3) is 5.91 Å². The molecular formula is C28H38N4O3. The summed E-state index contributed by atoms with van der Waals surface area (Å²) in [5.41, 5.74) is 1.85. The number of aliphatic carboxylic acids is 1. The molecule has 1 atom stereocenters. The number of benzene rings is 1. The van der Waals surface area contributed by atoms with Crippen LogP contribution in [0.25, 0.3) is 0 Å². The predicted molar refractivity (Wildman–Crippen MR) is 139 cm³/mol. The first kappa shape index (κ1) is 25.0. The minimum atomic E-state index is -0.749. The Labute approximate surface area is 208 Å². The molecule has 2 aliphatic rings. The molecule has 1 aromatic carbocycles. The average Bonchev–Trinajstić information content (AvgIpc) is 2.88. The zero-order valence-corrected chi connectivity index (χ0v) is 20.8. The first-order valence-electron chi connectivity index (χ1n) is 13.0. The number of pyridine rings is 1. The monoisotopic (exact) mass is 478 g/mol. The molecule has 7 nitrogen and oxygen atoms in total. The van der Waals surface area contributed by atoms with Crippen molar-refractivity contribution in [2.24, 2.45) is 5.92 Å². The van der Waals surface area contributed by atoms with Crippen LogP contribution in [0.4, 0.5) is 11.6 Å². The van der Waals surface area contributed by atoms with Crippen molar-refractivity contribution < 1.29 is 14.7 Å². The van der Waals surface area contributed by atoms with Gasteiger partial charge in [0, 0.05) is 39.1 Å². The number of carbonyl (C=O) groups excluding carboxylic acids is 1. The lowest BCUT2D eigenvalue weighted by Gasteiger charge is -2.34. The Morgan fingerprint density at radius 2 is 1.83 bits per heavy atom. The summed E-state index contributed by atoms with van der Waals surface area (Å²) in [6.45, 7) is 2.27. The van der Waals surface area contributed by atoms with Crippen molar-refractivity contribution in [1.29, 1.82) is 0 Å². The summed E-state index contributed by atoms with van der Waals surface area (Å²) in [7, 11) is 2.00. The number of hydrogen-bond acceptors (Lipinski definition) is 5. The van der Waals surface area contributed by atoms with Crippen LogP contribution in [0.3, 0.4) is 0 Å². The maximum atomic E-state index is 13.3. The van der Waals surface area contributed by atoms with E-state index in [0.29, 0.717) is 17.9 Å². The number of nitrogens with zero attached hydrogens (tertiary/aromatic N) is 3. The van der Waals surface area contributed by atoms with Gasteiger partial charge in [0.2, 0.25) is 0 Å². The van der Waals surface area contributed by atoms with Crippen LogP contribution in [-0.2, 0) is 11.2 Å². The van der Waals surface area contributed by atoms with Crippen molar-refractivity contribution >= 4 is 23.5 Å². The highest BCUT2D eigenvalue weighted by Crippen LogP contribution is 2.28. The first-order valence-corrected chi connectivity index (χ1v) is 13.0. The van der Waals surface area contributed by atoms with Crippen molar-refractivity contribution in [3.05, 3.63) is 53.6 Å². The Balaban J connectivity index is 1.54. The standard InChI is InChI=1S/C28H38N4O3/c1-31(18-16-21-9-4-2-5-10-21)27-24(28(35)29-23-12-6-3-7-13-23)14-15-25(30-27)32-17-8-11-22(20-32)19-26(33)34/h2,4-5,9-10,14-15,22-23H,3,6-8,11-13,16-20H2,1H3,(H,29,35)(H,33,34). The fourth-order valence-corrected chi connectivity index (χ4v) is 5.33. The number of nitrogens with one attached hydrogen (secondary N) is 1. The normalized spacial score (nSPS) is 18.8. The predicted octanol–water partition coefficient (Wildman–Crippen LogP) is 4.51. The molecule has 0 spiro atoms. The fourth-order valence-electron chi connectivity index (χ4n) is 5.33. The van der Waals surface area contributed by atoms with Crippen LogP contribution in [0.1, 0.15) is 67.3 Å². The molecule has 2 fully saturated rings. The molecule has 2 heterocycles. The summed E-state index contributed by atoms with van der Waals surface area (Å²) < 4.78 is 0. The third kappa shape index (κ3) is 6.96. The number of aromatic nitrogens is 1. The van der Waals surface area contributed by atoms with Crippen LogP contribution in [0, 0.1) is 5.92 Å². The van der Waals surface area contributed by atoms with Crippen molar-refractivity contribution in [2.75, 3.05) is 36.5 Å². The van der Waals surface area contributed by atoms with Crippen molar-refractivity contribution in [1.82, 2.24) is 10.3 Å². The molecule has 1 saturated carbocycles. The number of amides is 1. The Bertz CT molecular complexity index is 991. The van der Waals surface area contributed by atoms with Gasteiger partial charge in [-0.25, -0.2) is 4.98 Å². The maximum absolute atomic E-state index is 13.3. The van der Waals surface area contributed by atoms with Crippen LogP contribution in [0.15, 0.2) is 42.5 Å². The van der Waals surface area contributed by atoms with Crippen molar-refractivity contribution in [3.63, 3.8) is 0 Å². The molecule has 188 valence electrons. The van der Waals surface area contributed by atoms with Gasteiger partial charge in [0.1, 0.15) is 11.6 Å². The summed E-state index contributed by atoms with van der Waals surface area (Å²) in [4.78, 5) is 33.8. The summed E-state index contributed by atoms with van der Waals surface area (Å²) in [6.07, 6.45) is 8.56. The van der Waals surface area contributed by atoms with E-state index in [2.05, 4.69) is 27.2 Å². The summed E-state index contributed by atoms with van der Waals surface area (Å²) in [6, 6.07) is 14.4. The quantitative estimate of drug-likeness (QED) is 0.551. The van der Waals surface area contributed by atoms with Crippen LogP contribution < -0.4 is 15.1 Å². The molecule has 2 N–H and O–H groups in total. The molecule has 1 aromatic heterocycles. The molecule has 0 bridgehead atoms. The van der Waals surface area contributed by atoms with E-state index < -0.39 is 5.97 Å². The van der Waals surface area contributed by atoms with Gasteiger partial charge >= 0.3 is 5.97 Å². The number of likely N-dealkylation sites (N-methyl/N-ethyl adjacent to an activating group) is 1. The number of carboxylic acids is 1. The molecule has 35 heavy (non-hydrogen) atoms. The molecule has 1 aliphatic heterocycles. The number of carboxylic acid groups (broad SMARTS) is 1. The van der Waals surface area contributed by atoms with E-state index in [9.17, 15) is 14.7 Å². The van der Waals surface area contributed by atoms with Crippen molar-refractivity contribution in [3.8, 4) is 0 Å². The van der Waals surface area contributed by atoms with Gasteiger partial charge < -0.3 is 20.2 Å². The number of carbonyl (C=O) groups is 2. The SMILES string of the molecule is CN(CCc1ccccc1)c1nc(N2CCCC(CC(=O)O)C2)ccc1C(=O)NC1CCCCC1. The summed E-state index contributed by atoms with van der Waals surface area (Å²) in [5.74, 6) is 0.820. The topological polar surface area (TPSA) is 85.8 Å². The van der Waals surface area contributed by atoms with Crippen molar-refractivity contribution in [2.45, 2.75) is 63.8 Å². The van der Waals surface area contributed by atoms with E-state index in [4.69, 9.17) is 4.98 Å². The molecule has 7 heteroatoms. The van der Waals surface area contributed by atoms with Crippen LogP contribution >= 0.6 is 0 Å². The van der Waals surface area contributed by atoms with Gasteiger partial charge in [-0.2, -0.15) is 0 Å². The van der Waals surface area contributed by atoms with Gasteiger partial charge in [0.05, 0.1) is 5.56 Å². The molecular weight excluding hydrogens is 440 g/mol. The second-order valence-electron chi connectivity index (χ2n) is 10.1. The smallest absolute Gasteiger partial charge is 0.303 e. The number of anilines is 2. The lowest BCUT2D eigenvalue weighted by molar-refractivity contribution is -0.138. The van der Waals surface area contributed by atoms with E-state index in [1.54, 1.807) is 0 Å². The molecule has 4 rings (SSSR count). The zero-order valence-electron chi connectivity index (χ0n) is 20.8. The highest BCUT2D eigenvalue weighted by molar-refractivity contribution is 5.99. The third-order valence-corrected chi connectivity index (χ3v) is 7.29. The largest absolute Gasteiger partial charge is 0.481 e. The highest BCUT2D eigenvalue weighted by Gasteiger charge is 2.26. The molecule has 1 amide bonds. The van der Waals surface area contributed by atoms with Crippen LogP contribution in [0.5, 0.6) is 0 Å². The highest BCUT2D eigenvalue weighted by atomic mass is 16.4. The Hall–Kier alpha value is -3.09. The van der Waals surface area contributed by atoms with E-state index in [-0.39, 0.29) is 24.3 Å². The van der Waals surface area contributed by atoms with Crippen LogP contribution in [0.2, 0.25) is 0 Å². The Kier molecular flexibility index (Phi) is 8.61. The number of hydrogen-bond donors (Lipinski definition) is 2. The Morgan fingerprint density at radius 1 is 1.06 bits per heavy atom. The first-order chi connectivity index (χ1) is 17.0. The third-order valence-electron chi connectivity index (χ3n) is 7.29. The second kappa shape index (κ2) is 12.0. The van der Waals surface area contributed by atoms with Crippen LogP contribution in [-0.4, -0.2) is 54.7 Å². The minimum absolute atomic E-state index is 0.0556. The zero-order chi connectivity index (χ0) is 24.6. The lowest BCUT2D eigenvalue weighted by Crippen LogP contribution is -2.38. The van der Waals surface area contributed by atoms with E-state index >= 15 is 0 Å². The average molecular weight is 479 g/mol. The lowest BCUT2D eigenvalue weighted by atomic mass is 9.95. The molecule has 1 unspecified atom stereocenters. The molecule has 2 aromatic rings. The maximum Gasteiger partial charge on any atom is 0.303 e. The fraction of sp³-hybridized carbons (Fsp3) is 0.536. The van der Waals surface area contributed by atoms with Gasteiger partial charge in [-0.3, -0.25) is 9.59 Å². The molecule has 1 saturated heterocycles. The van der Waals surface area contributed by atoms with E-state index in [1.165, 1.54) is 24.8 Å². The van der Waals surface area contributed by atoms with E-state index in [0.717, 1.165) is 51.0 Å². The van der Waals surface area contributed by atoms with Gasteiger partial charge in [-0.1, -0.05) is 49.6 Å². The van der Waals surface area contributed by atoms with E-state index in [1.807, 2.05) is 37.4 Å². The molecule has 0 radical (unpaired) electrons. The van der Waals surface area contributed by atoms with Gasteiger partial charge in [-0.05, 0) is 55.7 Å². The summed E-state index contributed by atoms with van der Waals surface area (Å²) >= 11 is 0. The number of piperidine rings is 1. The summed E-state index contributed by atoms with van der Waals surface area (Å²) in [5, 5.41) is 12.5. The second-order valence-corrected chi connectivity index (χ2v) is 10.1. The minimum Gasteiger partial charge on any atom is -0.481 e. The number of rotatable bonds is 9. The molecule has 1 aliphatic carbocycles. The Morgan fingerprint density at radius 3 is 2.57 bits per heavy atom. The van der Waals surface area contributed by atoms with Gasteiger partial charge in [0.15, 0.2) is 0 Å².